The van der Waals surface area contributed by atoms with E-state index in [0.29, 0.717) is 46.3 Å². The molecule has 2 bridgehead atoms. The number of hydrogen-bond acceptors (Lipinski definition) is 4. The van der Waals surface area contributed by atoms with Crippen LogP contribution in [0, 0.1) is 6.92 Å². The Balaban J connectivity index is 1.24. The lowest BCUT2D eigenvalue weighted by atomic mass is 9.96. The molecule has 0 spiro atoms. The molecule has 2 fully saturated rings. The number of hydrogen-bond donors (Lipinski definition) is 1. The second kappa shape index (κ2) is 11.6. The first-order chi connectivity index (χ1) is 18.3. The molecule has 3 atom stereocenters. The van der Waals surface area contributed by atoms with E-state index < -0.39 is 0 Å². The lowest BCUT2D eigenvalue weighted by molar-refractivity contribution is 0.104. The van der Waals surface area contributed by atoms with Crippen LogP contribution in [0.4, 0.5) is 16.2 Å². The molecular weight excluding hydrogens is 519 g/mol. The zero-order chi connectivity index (χ0) is 26.8. The molecule has 5 rings (SSSR count). The zero-order valence-corrected chi connectivity index (χ0v) is 23.8. The van der Waals surface area contributed by atoms with Crippen molar-refractivity contribution >= 4 is 40.6 Å². The summed E-state index contributed by atoms with van der Waals surface area (Å²) in [6, 6.07) is 16.4. The minimum absolute atomic E-state index is 0.216. The third kappa shape index (κ3) is 5.56. The first-order valence-electron chi connectivity index (χ1n) is 13.6. The van der Waals surface area contributed by atoms with E-state index in [0.717, 1.165) is 43.1 Å². The molecule has 1 N–H and O–H groups in total. The van der Waals surface area contributed by atoms with Gasteiger partial charge < -0.3 is 9.88 Å². The molecule has 202 valence electrons. The van der Waals surface area contributed by atoms with Crippen molar-refractivity contribution in [2.24, 2.45) is 0 Å². The number of halogens is 2. The number of anilines is 2. The van der Waals surface area contributed by atoms with Crippen molar-refractivity contribution in [1.29, 1.82) is 0 Å². The van der Waals surface area contributed by atoms with Crippen LogP contribution < -0.4 is 10.2 Å². The summed E-state index contributed by atoms with van der Waals surface area (Å²) in [5, 5.41) is 12.6. The number of piperidine rings is 1. The van der Waals surface area contributed by atoms with Crippen molar-refractivity contribution in [2.45, 2.75) is 76.9 Å². The summed E-state index contributed by atoms with van der Waals surface area (Å²) in [6.07, 6.45) is 5.60. The number of aryl methyl sites for hydroxylation is 1. The van der Waals surface area contributed by atoms with Gasteiger partial charge in [-0.05, 0) is 63.3 Å². The predicted molar refractivity (Wildman–Crippen MR) is 155 cm³/mol. The van der Waals surface area contributed by atoms with E-state index in [-0.39, 0.29) is 6.03 Å². The van der Waals surface area contributed by atoms with Gasteiger partial charge in [-0.25, -0.2) is 4.79 Å². The summed E-state index contributed by atoms with van der Waals surface area (Å²) in [5.74, 6) is 2.49. The third-order valence-electron chi connectivity index (χ3n) is 7.94. The molecule has 2 aromatic carbocycles. The summed E-state index contributed by atoms with van der Waals surface area (Å²) < 4.78 is 2.40. The Kier molecular flexibility index (Phi) is 8.26. The van der Waals surface area contributed by atoms with Crippen LogP contribution in [0.2, 0.25) is 10.0 Å². The molecule has 0 aliphatic carbocycles. The fourth-order valence-corrected chi connectivity index (χ4v) is 6.55. The molecule has 7 nitrogen and oxygen atoms in total. The summed E-state index contributed by atoms with van der Waals surface area (Å²) in [4.78, 5) is 17.9. The van der Waals surface area contributed by atoms with Crippen LogP contribution in [0.1, 0.15) is 69.6 Å². The number of fused-ring (bicyclic) bond motifs is 2. The van der Waals surface area contributed by atoms with Gasteiger partial charge in [0.15, 0.2) is 0 Å². The molecule has 3 aromatic rings. The highest BCUT2D eigenvalue weighted by Gasteiger charge is 2.42. The Morgan fingerprint density at radius 2 is 1.74 bits per heavy atom. The van der Waals surface area contributed by atoms with Gasteiger partial charge in [-0.1, -0.05) is 61.3 Å². The standard InChI is InChI=1S/C29H36Cl2N6O/c1-19(2)28-34-33-20(3)37(28)24-17-22-13-14-23(18-24)35(22)15-8-16-36(21-9-5-4-6-10-21)29(38)32-26-12-7-11-25(30)27(26)31/h4-7,9-12,19,22-24H,8,13-18H2,1-3H3,(H,32,38)/t22-,23+,24?. The average Bonchev–Trinajstić information content (AvgIpc) is 3.40. The van der Waals surface area contributed by atoms with Gasteiger partial charge in [0, 0.05) is 42.8 Å². The molecule has 0 radical (unpaired) electrons. The van der Waals surface area contributed by atoms with Gasteiger partial charge in [0.05, 0.1) is 15.7 Å². The molecule has 2 aliphatic heterocycles. The fraction of sp³-hybridized carbons (Fsp3) is 0.483. The van der Waals surface area contributed by atoms with Gasteiger partial charge in [-0.2, -0.15) is 0 Å². The van der Waals surface area contributed by atoms with E-state index in [1.165, 1.54) is 12.8 Å². The van der Waals surface area contributed by atoms with E-state index in [4.69, 9.17) is 23.2 Å². The van der Waals surface area contributed by atoms with Crippen LogP contribution in [-0.2, 0) is 0 Å². The lowest BCUT2D eigenvalue weighted by Gasteiger charge is -2.40. The minimum atomic E-state index is -0.216. The Bertz CT molecular complexity index is 1250. The van der Waals surface area contributed by atoms with E-state index in [9.17, 15) is 4.79 Å². The predicted octanol–water partition coefficient (Wildman–Crippen LogP) is 7.31. The van der Waals surface area contributed by atoms with Crippen LogP contribution in [0.15, 0.2) is 48.5 Å². The van der Waals surface area contributed by atoms with Gasteiger partial charge in [0.2, 0.25) is 0 Å². The first-order valence-corrected chi connectivity index (χ1v) is 14.3. The molecule has 1 aromatic heterocycles. The molecule has 9 heteroatoms. The average molecular weight is 556 g/mol. The quantitative estimate of drug-likeness (QED) is 0.317. The second-order valence-electron chi connectivity index (χ2n) is 10.8. The molecule has 38 heavy (non-hydrogen) atoms. The maximum absolute atomic E-state index is 13.4. The molecule has 3 heterocycles. The van der Waals surface area contributed by atoms with Gasteiger partial charge in [-0.15, -0.1) is 10.2 Å². The number of para-hydroxylation sites is 1. The third-order valence-corrected chi connectivity index (χ3v) is 8.76. The van der Waals surface area contributed by atoms with Crippen molar-refractivity contribution in [3.8, 4) is 0 Å². The van der Waals surface area contributed by atoms with Crippen LogP contribution in [0.5, 0.6) is 0 Å². The number of nitrogens with one attached hydrogen (secondary N) is 1. The normalized spacial score (nSPS) is 21.2. The SMILES string of the molecule is Cc1nnc(C(C)C)n1C1C[C@H]2CC[C@@H](C1)N2CCCN(C(=O)Nc1cccc(Cl)c1Cl)c1ccccc1. The highest BCUT2D eigenvalue weighted by atomic mass is 35.5. The van der Waals surface area contributed by atoms with E-state index in [1.807, 2.05) is 30.3 Å². The largest absolute Gasteiger partial charge is 0.326 e. The Labute approximate surface area is 235 Å². The van der Waals surface area contributed by atoms with Crippen LogP contribution in [-0.4, -0.2) is 50.9 Å². The number of carbonyl (C=O) groups excluding carboxylic acids is 1. The molecule has 2 saturated heterocycles. The maximum atomic E-state index is 13.4. The van der Waals surface area contributed by atoms with Crippen molar-refractivity contribution < 1.29 is 4.79 Å². The van der Waals surface area contributed by atoms with Gasteiger partial charge in [0.25, 0.3) is 0 Å². The molecule has 2 amide bonds. The number of urea groups is 1. The smallest absolute Gasteiger partial charge is 0.312 e. The minimum Gasteiger partial charge on any atom is -0.312 e. The lowest BCUT2D eigenvalue weighted by Crippen LogP contribution is -2.45. The number of rotatable bonds is 8. The van der Waals surface area contributed by atoms with Gasteiger partial charge >= 0.3 is 6.03 Å². The summed E-state index contributed by atoms with van der Waals surface area (Å²) in [6.45, 7) is 8.04. The van der Waals surface area contributed by atoms with Crippen molar-refractivity contribution in [2.75, 3.05) is 23.3 Å². The van der Waals surface area contributed by atoms with E-state index >= 15 is 0 Å². The zero-order valence-electron chi connectivity index (χ0n) is 22.3. The highest BCUT2D eigenvalue weighted by Crippen LogP contribution is 2.42. The maximum Gasteiger partial charge on any atom is 0.326 e. The Morgan fingerprint density at radius 3 is 2.42 bits per heavy atom. The molecule has 1 unspecified atom stereocenters. The number of amides is 2. The van der Waals surface area contributed by atoms with E-state index in [1.54, 1.807) is 23.1 Å². The fourth-order valence-electron chi connectivity index (χ4n) is 6.20. The topological polar surface area (TPSA) is 66.3 Å². The number of benzene rings is 2. The highest BCUT2D eigenvalue weighted by molar-refractivity contribution is 6.44. The number of nitrogens with zero attached hydrogens (tertiary/aromatic N) is 5. The van der Waals surface area contributed by atoms with Gasteiger partial charge in [-0.3, -0.25) is 9.80 Å². The first kappa shape index (κ1) is 27.0. The molecular formula is C29H36Cl2N6O. The number of carbonyl (C=O) groups is 1. The van der Waals surface area contributed by atoms with Crippen LogP contribution in [0.3, 0.4) is 0 Å². The van der Waals surface area contributed by atoms with Crippen molar-refractivity contribution in [3.63, 3.8) is 0 Å². The Morgan fingerprint density at radius 1 is 1.03 bits per heavy atom. The summed E-state index contributed by atoms with van der Waals surface area (Å²) >= 11 is 12.5. The number of aromatic nitrogens is 3. The van der Waals surface area contributed by atoms with Crippen molar-refractivity contribution in [1.82, 2.24) is 19.7 Å². The monoisotopic (exact) mass is 554 g/mol. The van der Waals surface area contributed by atoms with Gasteiger partial charge in [0.1, 0.15) is 11.6 Å². The molecule has 2 aliphatic rings. The summed E-state index contributed by atoms with van der Waals surface area (Å²) in [7, 11) is 0. The molecule has 0 saturated carbocycles. The van der Waals surface area contributed by atoms with Crippen molar-refractivity contribution in [3.05, 3.63) is 70.2 Å². The Hall–Kier alpha value is -2.61. The second-order valence-corrected chi connectivity index (χ2v) is 11.5. The van der Waals surface area contributed by atoms with E-state index in [2.05, 4.69) is 45.8 Å². The van der Waals surface area contributed by atoms with Crippen LogP contribution >= 0.6 is 23.2 Å². The summed E-state index contributed by atoms with van der Waals surface area (Å²) in [5.41, 5.74) is 1.37. The van der Waals surface area contributed by atoms with Crippen LogP contribution in [0.25, 0.3) is 0 Å².